The molecule has 2 amide bonds. The number of hydrogen-bond donors (Lipinski definition) is 4. The smallest absolute Gasteiger partial charge is 0.280 e. The highest BCUT2D eigenvalue weighted by molar-refractivity contribution is 8.00. The van der Waals surface area contributed by atoms with Gasteiger partial charge >= 0.3 is 0 Å². The van der Waals surface area contributed by atoms with Gasteiger partial charge in [0, 0.05) is 33.4 Å². The van der Waals surface area contributed by atoms with Crippen molar-refractivity contribution in [1.29, 1.82) is 0 Å². The van der Waals surface area contributed by atoms with Crippen LogP contribution in [0.25, 0.3) is 0 Å². The fourth-order valence-corrected chi connectivity index (χ4v) is 10.4. The molecule has 0 aliphatic heterocycles. The Morgan fingerprint density at radius 3 is 1.48 bits per heavy atom. The summed E-state index contributed by atoms with van der Waals surface area (Å²) < 4.78 is 74.9. The minimum Gasteiger partial charge on any atom is -0.370 e. The quantitative estimate of drug-likeness (QED) is 0.145. The van der Waals surface area contributed by atoms with Crippen LogP contribution in [0.5, 0.6) is 0 Å². The highest BCUT2D eigenvalue weighted by Gasteiger charge is 2.30. The molecule has 0 fully saturated rings. The Bertz CT molecular complexity index is 2480. The van der Waals surface area contributed by atoms with Crippen molar-refractivity contribution in [3.63, 3.8) is 0 Å². The molecule has 0 spiro atoms. The Morgan fingerprint density at radius 2 is 1.02 bits per heavy atom. The lowest BCUT2D eigenvalue weighted by Crippen LogP contribution is -2.24. The molecule has 0 saturated carbocycles. The zero-order chi connectivity index (χ0) is 39.3. The molecule has 8 N–H and O–H groups in total. The van der Waals surface area contributed by atoms with Crippen molar-refractivity contribution >= 4 is 88.2 Å². The molecule has 0 radical (unpaired) electrons. The summed E-state index contributed by atoms with van der Waals surface area (Å²) in [6.07, 6.45) is 1.90. The summed E-state index contributed by atoms with van der Waals surface area (Å²) >= 11 is 13.3. The van der Waals surface area contributed by atoms with Gasteiger partial charge in [-0.3, -0.25) is 9.59 Å². The topological polar surface area (TPSA) is 265 Å². The number of halogens is 2. The minimum atomic E-state index is -4.28. The first-order valence-corrected chi connectivity index (χ1v) is 21.2. The molecule has 52 heavy (non-hydrogen) atoms. The van der Waals surface area contributed by atoms with E-state index in [1.54, 1.807) is 43.3 Å². The molecule has 0 aromatic heterocycles. The molecule has 0 unspecified atom stereocenters. The highest BCUT2D eigenvalue weighted by atomic mass is 35.5. The molecule has 14 nitrogen and oxygen atoms in total. The van der Waals surface area contributed by atoms with Crippen molar-refractivity contribution in [2.45, 2.75) is 43.2 Å². The summed E-state index contributed by atoms with van der Waals surface area (Å²) in [5.74, 6) is -2.48. The predicted molar refractivity (Wildman–Crippen MR) is 201 cm³/mol. The van der Waals surface area contributed by atoms with Gasteiger partial charge in [-0.25, -0.2) is 25.3 Å². The van der Waals surface area contributed by atoms with Crippen LogP contribution in [0.3, 0.4) is 0 Å². The molecular formula is C32H32Cl2N6O8S4. The second kappa shape index (κ2) is 16.5. The molecule has 0 aliphatic rings. The summed E-state index contributed by atoms with van der Waals surface area (Å²) in [6, 6.07) is 17.7. The summed E-state index contributed by atoms with van der Waals surface area (Å²) in [7, 11) is -11.9. The van der Waals surface area contributed by atoms with Gasteiger partial charge in [0.15, 0.2) is 31.6 Å². The third-order valence-corrected chi connectivity index (χ3v) is 13.2. The second-order valence-corrected chi connectivity index (χ2v) is 18.7. The van der Waals surface area contributed by atoms with E-state index in [0.717, 1.165) is 24.6 Å². The van der Waals surface area contributed by atoms with Crippen LogP contribution in [0.1, 0.15) is 31.8 Å². The zero-order valence-corrected chi connectivity index (χ0v) is 32.6. The number of aliphatic imine (C=N–C) groups is 2. The Balaban J connectivity index is 0.000000281. The van der Waals surface area contributed by atoms with Gasteiger partial charge in [-0.2, -0.15) is 9.98 Å². The third-order valence-electron chi connectivity index (χ3n) is 6.77. The van der Waals surface area contributed by atoms with E-state index in [2.05, 4.69) is 9.98 Å². The van der Waals surface area contributed by atoms with E-state index in [0.29, 0.717) is 20.4 Å². The number of sulfone groups is 3. The first-order chi connectivity index (χ1) is 23.9. The lowest BCUT2D eigenvalue weighted by atomic mass is 10.1. The van der Waals surface area contributed by atoms with E-state index in [9.17, 15) is 34.8 Å². The molecule has 0 aliphatic carbocycles. The zero-order valence-electron chi connectivity index (χ0n) is 27.8. The Morgan fingerprint density at radius 1 is 0.577 bits per heavy atom. The van der Waals surface area contributed by atoms with Gasteiger partial charge in [0.2, 0.25) is 9.84 Å². The highest BCUT2D eigenvalue weighted by Crippen LogP contribution is 2.38. The number of guanidine groups is 2. The van der Waals surface area contributed by atoms with Crippen LogP contribution in [0.2, 0.25) is 10.0 Å². The number of benzene rings is 4. The van der Waals surface area contributed by atoms with E-state index in [-0.39, 0.29) is 37.5 Å². The number of nitrogens with zero attached hydrogens (tertiary/aromatic N) is 2. The van der Waals surface area contributed by atoms with E-state index >= 15 is 0 Å². The monoisotopic (exact) mass is 826 g/mol. The number of amides is 2. The van der Waals surface area contributed by atoms with E-state index in [4.69, 9.17) is 46.1 Å². The summed E-state index contributed by atoms with van der Waals surface area (Å²) in [5, 5.41) is 0.445. The number of aryl methyl sites for hydroxylation is 2. The standard InChI is InChI=1S/C16H16ClN3O5S2.C16H16ClN3O3S2/c1-9-7-14(27(24,25)12-6-4-3-5-11(12)17)13(26(2,22)23)8-10(9)15(21)20-16(18)19;1-9-7-13(24-12-6-4-3-5-11(12)17)14(25(2,22)23)8-10(9)15(21)20-16(18)19/h3-8H,1-2H3,(H4,18,19,20,21);3-8H,1-2H3,(H4,18,19,20,21). The normalized spacial score (nSPS) is 11.5. The lowest BCUT2D eigenvalue weighted by Gasteiger charge is -2.13. The molecule has 4 rings (SSSR count). The maximum Gasteiger partial charge on any atom is 0.280 e. The maximum absolute atomic E-state index is 13.0. The van der Waals surface area contributed by atoms with Crippen molar-refractivity contribution in [1.82, 2.24) is 0 Å². The van der Waals surface area contributed by atoms with Gasteiger partial charge in [-0.05, 0) is 73.5 Å². The molecule has 4 aromatic rings. The fraction of sp³-hybridized carbons (Fsp3) is 0.125. The van der Waals surface area contributed by atoms with Gasteiger partial charge < -0.3 is 22.9 Å². The van der Waals surface area contributed by atoms with Gasteiger partial charge in [0.1, 0.15) is 0 Å². The molecule has 0 heterocycles. The van der Waals surface area contributed by atoms with Crippen molar-refractivity contribution < 1.29 is 34.8 Å². The van der Waals surface area contributed by atoms with Crippen molar-refractivity contribution in [3.05, 3.63) is 105 Å². The lowest BCUT2D eigenvalue weighted by molar-refractivity contribution is 0.0993. The van der Waals surface area contributed by atoms with E-state index < -0.39 is 57.1 Å². The Labute approximate surface area is 315 Å². The van der Waals surface area contributed by atoms with Gasteiger partial charge in [-0.1, -0.05) is 59.2 Å². The predicted octanol–water partition coefficient (Wildman–Crippen LogP) is 3.92. The summed E-state index contributed by atoms with van der Waals surface area (Å²) in [4.78, 5) is 31.0. The molecular weight excluding hydrogens is 796 g/mol. The Hall–Kier alpha value is -4.46. The van der Waals surface area contributed by atoms with Crippen LogP contribution in [0, 0.1) is 13.8 Å². The summed E-state index contributed by atoms with van der Waals surface area (Å²) in [5.41, 5.74) is 21.5. The molecule has 0 saturated heterocycles. The second-order valence-electron chi connectivity index (χ2n) is 10.9. The first kappa shape index (κ1) is 42.0. The van der Waals surface area contributed by atoms with Crippen molar-refractivity contribution in [2.24, 2.45) is 32.9 Å². The van der Waals surface area contributed by atoms with Crippen LogP contribution < -0.4 is 22.9 Å². The molecule has 0 atom stereocenters. The van der Waals surface area contributed by atoms with Crippen LogP contribution >= 0.6 is 35.0 Å². The Kier molecular flexibility index (Phi) is 13.3. The van der Waals surface area contributed by atoms with Gasteiger partial charge in [-0.15, -0.1) is 0 Å². The average molecular weight is 828 g/mol. The number of carbonyl (C=O) groups excluding carboxylic acids is 2. The number of nitrogens with two attached hydrogens (primary N) is 4. The number of carbonyl (C=O) groups is 2. The van der Waals surface area contributed by atoms with E-state index in [1.165, 1.54) is 43.0 Å². The van der Waals surface area contributed by atoms with Crippen molar-refractivity contribution in [3.8, 4) is 0 Å². The van der Waals surface area contributed by atoms with E-state index in [1.807, 2.05) is 0 Å². The average Bonchev–Trinajstić information content (AvgIpc) is 3.00. The molecule has 0 bridgehead atoms. The van der Waals surface area contributed by atoms with Crippen LogP contribution in [0.4, 0.5) is 0 Å². The van der Waals surface area contributed by atoms with Gasteiger partial charge in [0.25, 0.3) is 11.8 Å². The number of rotatable bonds is 8. The van der Waals surface area contributed by atoms with Gasteiger partial charge in [0.05, 0.1) is 29.6 Å². The van der Waals surface area contributed by atoms with Crippen LogP contribution in [-0.2, 0) is 29.5 Å². The summed E-state index contributed by atoms with van der Waals surface area (Å²) in [6.45, 7) is 3.12. The molecule has 4 aromatic carbocycles. The molecule has 20 heteroatoms. The SMILES string of the molecule is Cc1cc(S(=O)(=O)c2ccccc2Cl)c(S(C)(=O)=O)cc1C(=O)N=C(N)N.Cc1cc(Sc2ccccc2Cl)c(S(C)(=O)=O)cc1C(=O)N=C(N)N. The van der Waals surface area contributed by atoms with Crippen molar-refractivity contribution in [2.75, 3.05) is 12.5 Å². The maximum atomic E-state index is 13.0. The third kappa shape index (κ3) is 10.3. The largest absolute Gasteiger partial charge is 0.370 e. The first-order valence-electron chi connectivity index (χ1n) is 14.3. The minimum absolute atomic E-state index is 0.0113. The fourth-order valence-electron chi connectivity index (χ4n) is 4.44. The van der Waals surface area contributed by atoms with Crippen LogP contribution in [0.15, 0.2) is 112 Å². The number of hydrogen-bond acceptors (Lipinski definition) is 9. The van der Waals surface area contributed by atoms with Crippen LogP contribution in [-0.4, -0.2) is 61.5 Å². The molecule has 276 valence electrons.